The molecule has 2 nitrogen and oxygen atoms in total. The monoisotopic (exact) mass is 253 g/mol. The summed E-state index contributed by atoms with van der Waals surface area (Å²) in [6, 6.07) is 0.548. The predicted molar refractivity (Wildman–Crippen MR) is 76.7 cm³/mol. The Bertz CT molecular complexity index is 271. The second-order valence-corrected chi connectivity index (χ2v) is 7.73. The van der Waals surface area contributed by atoms with Crippen molar-refractivity contribution in [2.24, 2.45) is 17.3 Å². The van der Waals surface area contributed by atoms with Crippen LogP contribution >= 0.6 is 0 Å². The molecule has 1 aliphatic heterocycles. The summed E-state index contributed by atoms with van der Waals surface area (Å²) in [6.07, 6.45) is 5.14. The second-order valence-electron chi connectivity index (χ2n) is 7.73. The third kappa shape index (κ3) is 2.75. The standard InChI is InChI=1S/C16H31NO/c1-12(2)14-16(18-11-10-17-14)8-6-13(7-9-16)15(3,4)5/h12-14,17H,6-11H2,1-5H3. The highest BCUT2D eigenvalue weighted by Gasteiger charge is 2.47. The van der Waals surface area contributed by atoms with Crippen LogP contribution in [0.1, 0.15) is 60.3 Å². The van der Waals surface area contributed by atoms with Crippen LogP contribution in [0.4, 0.5) is 0 Å². The molecule has 0 aromatic rings. The zero-order valence-corrected chi connectivity index (χ0v) is 12.9. The van der Waals surface area contributed by atoms with E-state index in [1.54, 1.807) is 0 Å². The van der Waals surface area contributed by atoms with E-state index in [4.69, 9.17) is 4.74 Å². The van der Waals surface area contributed by atoms with Gasteiger partial charge in [0, 0.05) is 12.6 Å². The lowest BCUT2D eigenvalue weighted by atomic mass is 9.65. The minimum atomic E-state index is 0.133. The molecule has 1 saturated carbocycles. The molecule has 106 valence electrons. The van der Waals surface area contributed by atoms with Gasteiger partial charge in [0.15, 0.2) is 0 Å². The Morgan fingerprint density at radius 3 is 2.28 bits per heavy atom. The van der Waals surface area contributed by atoms with Crippen LogP contribution in [-0.4, -0.2) is 24.8 Å². The van der Waals surface area contributed by atoms with E-state index in [0.717, 1.165) is 19.1 Å². The van der Waals surface area contributed by atoms with E-state index >= 15 is 0 Å². The van der Waals surface area contributed by atoms with Crippen molar-refractivity contribution in [1.29, 1.82) is 0 Å². The summed E-state index contributed by atoms with van der Waals surface area (Å²) in [5.74, 6) is 1.53. The van der Waals surface area contributed by atoms with Gasteiger partial charge in [0.05, 0.1) is 12.2 Å². The summed E-state index contributed by atoms with van der Waals surface area (Å²) in [7, 11) is 0. The van der Waals surface area contributed by atoms with Crippen molar-refractivity contribution < 1.29 is 4.74 Å². The Balaban J connectivity index is 2.05. The number of morpholine rings is 1. The first-order valence-electron chi connectivity index (χ1n) is 7.72. The Kier molecular flexibility index (Phi) is 4.08. The van der Waals surface area contributed by atoms with Gasteiger partial charge in [-0.25, -0.2) is 0 Å². The molecule has 1 saturated heterocycles. The fourth-order valence-corrected chi connectivity index (χ4v) is 4.02. The number of ether oxygens (including phenoxy) is 1. The molecule has 2 aliphatic rings. The van der Waals surface area contributed by atoms with Gasteiger partial charge in [-0.3, -0.25) is 0 Å². The van der Waals surface area contributed by atoms with Gasteiger partial charge in [0.1, 0.15) is 0 Å². The molecule has 1 heterocycles. The van der Waals surface area contributed by atoms with Crippen molar-refractivity contribution >= 4 is 0 Å². The summed E-state index contributed by atoms with van der Waals surface area (Å²) < 4.78 is 6.28. The Morgan fingerprint density at radius 2 is 1.78 bits per heavy atom. The Hall–Kier alpha value is -0.0800. The first-order valence-corrected chi connectivity index (χ1v) is 7.72. The van der Waals surface area contributed by atoms with E-state index < -0.39 is 0 Å². The quantitative estimate of drug-likeness (QED) is 0.771. The minimum absolute atomic E-state index is 0.133. The zero-order chi connectivity index (χ0) is 13.4. The predicted octanol–water partition coefficient (Wildman–Crippen LogP) is 3.61. The lowest BCUT2D eigenvalue weighted by Gasteiger charge is -2.51. The largest absolute Gasteiger partial charge is 0.372 e. The van der Waals surface area contributed by atoms with Crippen molar-refractivity contribution in [1.82, 2.24) is 5.32 Å². The molecule has 0 aromatic carbocycles. The number of rotatable bonds is 1. The van der Waals surface area contributed by atoms with Crippen molar-refractivity contribution in [3.8, 4) is 0 Å². The van der Waals surface area contributed by atoms with Crippen LogP contribution in [-0.2, 0) is 4.74 Å². The smallest absolute Gasteiger partial charge is 0.0838 e. The van der Waals surface area contributed by atoms with Crippen LogP contribution in [0.15, 0.2) is 0 Å². The summed E-state index contributed by atoms with van der Waals surface area (Å²) in [5.41, 5.74) is 0.588. The van der Waals surface area contributed by atoms with E-state index in [9.17, 15) is 0 Å². The molecule has 1 spiro atoms. The highest BCUT2D eigenvalue weighted by Crippen LogP contribution is 2.45. The van der Waals surface area contributed by atoms with E-state index in [1.807, 2.05) is 0 Å². The maximum Gasteiger partial charge on any atom is 0.0838 e. The third-order valence-corrected chi connectivity index (χ3v) is 5.15. The Labute approximate surface area is 113 Å². The fraction of sp³-hybridized carbons (Fsp3) is 1.00. The molecule has 1 aliphatic carbocycles. The molecule has 1 atom stereocenters. The van der Waals surface area contributed by atoms with E-state index in [0.29, 0.717) is 17.4 Å². The lowest BCUT2D eigenvalue weighted by Crippen LogP contribution is -2.61. The van der Waals surface area contributed by atoms with E-state index in [1.165, 1.54) is 25.7 Å². The minimum Gasteiger partial charge on any atom is -0.372 e. The van der Waals surface area contributed by atoms with Crippen molar-refractivity contribution in [2.75, 3.05) is 13.2 Å². The summed E-state index contributed by atoms with van der Waals surface area (Å²) >= 11 is 0. The molecule has 18 heavy (non-hydrogen) atoms. The molecule has 1 N–H and O–H groups in total. The van der Waals surface area contributed by atoms with Gasteiger partial charge in [0.25, 0.3) is 0 Å². The van der Waals surface area contributed by atoms with Crippen molar-refractivity contribution in [3.63, 3.8) is 0 Å². The molecule has 2 heteroatoms. The van der Waals surface area contributed by atoms with Gasteiger partial charge in [-0.15, -0.1) is 0 Å². The summed E-state index contributed by atoms with van der Waals surface area (Å²) in [5, 5.41) is 3.71. The summed E-state index contributed by atoms with van der Waals surface area (Å²) in [4.78, 5) is 0. The van der Waals surface area contributed by atoms with Crippen molar-refractivity contribution in [3.05, 3.63) is 0 Å². The van der Waals surface area contributed by atoms with Crippen LogP contribution < -0.4 is 5.32 Å². The van der Waals surface area contributed by atoms with Gasteiger partial charge in [-0.1, -0.05) is 34.6 Å². The van der Waals surface area contributed by atoms with Crippen LogP contribution in [0.2, 0.25) is 0 Å². The molecule has 0 radical (unpaired) electrons. The second kappa shape index (κ2) is 5.13. The summed E-state index contributed by atoms with van der Waals surface area (Å²) in [6.45, 7) is 13.7. The molecule has 0 bridgehead atoms. The number of hydrogen-bond acceptors (Lipinski definition) is 2. The number of nitrogens with one attached hydrogen (secondary N) is 1. The maximum atomic E-state index is 6.28. The molecule has 0 amide bonds. The SMILES string of the molecule is CC(C)C1NCCOC12CCC(C(C)(C)C)CC2. The first kappa shape index (κ1) is 14.3. The molecule has 1 unspecified atom stereocenters. The Morgan fingerprint density at radius 1 is 1.17 bits per heavy atom. The van der Waals surface area contributed by atoms with E-state index in [-0.39, 0.29) is 5.60 Å². The molecule has 2 rings (SSSR count). The van der Waals surface area contributed by atoms with Gasteiger partial charge < -0.3 is 10.1 Å². The third-order valence-electron chi connectivity index (χ3n) is 5.15. The molecular weight excluding hydrogens is 222 g/mol. The molecule has 2 fully saturated rings. The molecular formula is C16H31NO. The average molecular weight is 253 g/mol. The highest BCUT2D eigenvalue weighted by molar-refractivity contribution is 5.01. The normalized spacial score (nSPS) is 38.3. The van der Waals surface area contributed by atoms with E-state index in [2.05, 4.69) is 39.9 Å². The van der Waals surface area contributed by atoms with Gasteiger partial charge in [-0.2, -0.15) is 0 Å². The topological polar surface area (TPSA) is 21.3 Å². The van der Waals surface area contributed by atoms with Crippen LogP contribution in [0.3, 0.4) is 0 Å². The van der Waals surface area contributed by atoms with Crippen LogP contribution in [0.5, 0.6) is 0 Å². The lowest BCUT2D eigenvalue weighted by molar-refractivity contribution is -0.138. The number of hydrogen-bond donors (Lipinski definition) is 1. The highest BCUT2D eigenvalue weighted by atomic mass is 16.5. The maximum absolute atomic E-state index is 6.28. The fourth-order valence-electron chi connectivity index (χ4n) is 4.02. The van der Waals surface area contributed by atoms with Gasteiger partial charge in [0.2, 0.25) is 0 Å². The average Bonchev–Trinajstić information content (AvgIpc) is 2.28. The van der Waals surface area contributed by atoms with Crippen molar-refractivity contribution in [2.45, 2.75) is 71.9 Å². The van der Waals surface area contributed by atoms with Gasteiger partial charge in [-0.05, 0) is 42.9 Å². The zero-order valence-electron chi connectivity index (χ0n) is 12.9. The van der Waals surface area contributed by atoms with Crippen LogP contribution in [0.25, 0.3) is 0 Å². The van der Waals surface area contributed by atoms with Gasteiger partial charge >= 0.3 is 0 Å². The molecule has 0 aromatic heterocycles. The first-order chi connectivity index (χ1) is 8.35. The van der Waals surface area contributed by atoms with Crippen LogP contribution in [0, 0.1) is 17.3 Å².